The first kappa shape index (κ1) is 29.7. The number of anilines is 1. The highest BCUT2D eigenvalue weighted by Gasteiger charge is 2.32. The molecule has 3 aromatic carbocycles. The third kappa shape index (κ3) is 6.90. The summed E-state index contributed by atoms with van der Waals surface area (Å²) in [6.07, 6.45) is 1.11. The lowest BCUT2D eigenvalue weighted by atomic mass is 9.94. The molecule has 4 rings (SSSR count). The minimum Gasteiger partial charge on any atom is -0.477 e. The molecule has 0 saturated carbocycles. The Bertz CT molecular complexity index is 1480. The number of hydrogen-bond donors (Lipinski definition) is 4. The zero-order valence-electron chi connectivity index (χ0n) is 23.2. The van der Waals surface area contributed by atoms with Gasteiger partial charge in [-0.25, -0.2) is 9.18 Å². The molecule has 0 saturated heterocycles. The van der Waals surface area contributed by atoms with Gasteiger partial charge in [0.2, 0.25) is 0 Å². The molecule has 0 aliphatic heterocycles. The van der Waals surface area contributed by atoms with Crippen LogP contribution in [0.25, 0.3) is 22.4 Å². The van der Waals surface area contributed by atoms with Crippen molar-refractivity contribution in [2.45, 2.75) is 57.8 Å². The molecule has 1 amide bonds. The van der Waals surface area contributed by atoms with Crippen LogP contribution in [0.3, 0.4) is 0 Å². The summed E-state index contributed by atoms with van der Waals surface area (Å²) in [7, 11) is 0. The van der Waals surface area contributed by atoms with Gasteiger partial charge in [-0.15, -0.1) is 0 Å². The molecule has 7 nitrogen and oxygen atoms in total. The SMILES string of the molecule is CC(C)c1c(C(=O)Nc2ccccc2)c(-c2ccccc2)c(-c2ccc(F)cc2)n1CCCCCC(O)(O)C(=O)O. The number of hydrogen-bond acceptors (Lipinski definition) is 4. The third-order valence-corrected chi connectivity index (χ3v) is 7.04. The van der Waals surface area contributed by atoms with Crippen molar-refractivity contribution in [1.29, 1.82) is 0 Å². The van der Waals surface area contributed by atoms with Gasteiger partial charge in [0.1, 0.15) is 5.82 Å². The second-order valence-corrected chi connectivity index (χ2v) is 10.4. The van der Waals surface area contributed by atoms with Crippen LogP contribution in [0, 0.1) is 5.82 Å². The van der Waals surface area contributed by atoms with Gasteiger partial charge in [0.25, 0.3) is 11.7 Å². The quantitative estimate of drug-likeness (QED) is 0.115. The van der Waals surface area contributed by atoms with E-state index in [4.69, 9.17) is 5.11 Å². The molecule has 0 aliphatic rings. The molecule has 0 radical (unpaired) electrons. The zero-order chi connectivity index (χ0) is 29.6. The molecule has 0 unspecified atom stereocenters. The number of carbonyl (C=O) groups is 2. The number of amides is 1. The number of carboxylic acids is 1. The van der Waals surface area contributed by atoms with Crippen molar-refractivity contribution in [3.8, 4) is 22.4 Å². The Kier molecular flexibility index (Phi) is 9.37. The fraction of sp³-hybridized carbons (Fsp3) is 0.273. The van der Waals surface area contributed by atoms with Crippen LogP contribution in [-0.2, 0) is 11.3 Å². The van der Waals surface area contributed by atoms with E-state index in [1.54, 1.807) is 12.1 Å². The first-order valence-electron chi connectivity index (χ1n) is 13.7. The van der Waals surface area contributed by atoms with Crippen LogP contribution in [0.15, 0.2) is 84.9 Å². The molecule has 41 heavy (non-hydrogen) atoms. The number of carbonyl (C=O) groups excluding carboxylic acids is 1. The Hall–Kier alpha value is -4.27. The topological polar surface area (TPSA) is 112 Å². The van der Waals surface area contributed by atoms with Crippen molar-refractivity contribution in [1.82, 2.24) is 4.57 Å². The van der Waals surface area contributed by atoms with E-state index in [1.807, 2.05) is 74.5 Å². The molecule has 0 aliphatic carbocycles. The van der Waals surface area contributed by atoms with Gasteiger partial charge in [0.15, 0.2) is 0 Å². The summed E-state index contributed by atoms with van der Waals surface area (Å²) in [6, 6.07) is 25.1. The van der Waals surface area contributed by atoms with E-state index in [0.717, 1.165) is 28.1 Å². The summed E-state index contributed by atoms with van der Waals surface area (Å²) in [5.74, 6) is -5.12. The van der Waals surface area contributed by atoms with Crippen molar-refractivity contribution < 1.29 is 29.3 Å². The Morgan fingerprint density at radius 1 is 0.854 bits per heavy atom. The minimum absolute atomic E-state index is 0.0577. The van der Waals surface area contributed by atoms with Crippen LogP contribution in [-0.4, -0.2) is 37.6 Å². The number of unbranched alkanes of at least 4 members (excludes halogenated alkanes) is 2. The van der Waals surface area contributed by atoms with E-state index < -0.39 is 11.8 Å². The average Bonchev–Trinajstić information content (AvgIpc) is 3.29. The Morgan fingerprint density at radius 2 is 1.46 bits per heavy atom. The molecule has 8 heteroatoms. The molecule has 0 bridgehead atoms. The normalized spacial score (nSPS) is 11.6. The van der Waals surface area contributed by atoms with Gasteiger partial charge in [0.05, 0.1) is 11.3 Å². The summed E-state index contributed by atoms with van der Waals surface area (Å²) in [4.78, 5) is 25.1. The van der Waals surface area contributed by atoms with Crippen molar-refractivity contribution in [2.24, 2.45) is 0 Å². The highest BCUT2D eigenvalue weighted by Crippen LogP contribution is 2.42. The zero-order valence-corrected chi connectivity index (χ0v) is 23.2. The summed E-state index contributed by atoms with van der Waals surface area (Å²) in [5.41, 5.74) is 5.13. The first-order chi connectivity index (χ1) is 19.6. The predicted octanol–water partition coefficient (Wildman–Crippen LogP) is 6.66. The highest BCUT2D eigenvalue weighted by atomic mass is 19.1. The number of aliphatic carboxylic acids is 1. The van der Waals surface area contributed by atoms with Gasteiger partial charge in [-0.3, -0.25) is 4.79 Å². The monoisotopic (exact) mass is 558 g/mol. The van der Waals surface area contributed by atoms with Gasteiger partial charge in [-0.1, -0.05) is 68.8 Å². The number of benzene rings is 3. The molecule has 0 spiro atoms. The number of nitrogens with zero attached hydrogens (tertiary/aromatic N) is 1. The number of para-hydroxylation sites is 1. The van der Waals surface area contributed by atoms with Crippen molar-refractivity contribution >= 4 is 17.6 Å². The average molecular weight is 559 g/mol. The summed E-state index contributed by atoms with van der Waals surface area (Å²) in [6.45, 7) is 4.52. The van der Waals surface area contributed by atoms with Crippen molar-refractivity contribution in [2.75, 3.05) is 5.32 Å². The Morgan fingerprint density at radius 3 is 2.05 bits per heavy atom. The molecule has 214 valence electrons. The van der Waals surface area contributed by atoms with E-state index in [9.17, 15) is 24.2 Å². The van der Waals surface area contributed by atoms with E-state index in [1.165, 1.54) is 12.1 Å². The molecule has 1 aromatic heterocycles. The predicted molar refractivity (Wildman–Crippen MR) is 157 cm³/mol. The first-order valence-corrected chi connectivity index (χ1v) is 13.7. The van der Waals surface area contributed by atoms with Gasteiger partial charge < -0.3 is 25.2 Å². The lowest BCUT2D eigenvalue weighted by Gasteiger charge is -2.18. The van der Waals surface area contributed by atoms with Crippen molar-refractivity contribution in [3.05, 3.63) is 102 Å². The summed E-state index contributed by atoms with van der Waals surface area (Å²) < 4.78 is 16.1. The Balaban J connectivity index is 1.84. The van der Waals surface area contributed by atoms with E-state index in [2.05, 4.69) is 9.88 Å². The molecular weight excluding hydrogens is 523 g/mol. The number of aliphatic hydroxyl groups is 2. The maximum absolute atomic E-state index is 14.0. The number of rotatable bonds is 12. The lowest BCUT2D eigenvalue weighted by molar-refractivity contribution is -0.205. The third-order valence-electron chi connectivity index (χ3n) is 7.04. The summed E-state index contributed by atoms with van der Waals surface area (Å²) >= 11 is 0. The van der Waals surface area contributed by atoms with Crippen LogP contribution in [0.2, 0.25) is 0 Å². The molecule has 4 N–H and O–H groups in total. The smallest absolute Gasteiger partial charge is 0.364 e. The molecule has 1 heterocycles. The van der Waals surface area contributed by atoms with Crippen LogP contribution in [0.4, 0.5) is 10.1 Å². The Labute approximate surface area is 238 Å². The van der Waals surface area contributed by atoms with Gasteiger partial charge >= 0.3 is 5.97 Å². The van der Waals surface area contributed by atoms with Crippen LogP contribution in [0.1, 0.15) is 61.5 Å². The van der Waals surface area contributed by atoms with Crippen molar-refractivity contribution in [3.63, 3.8) is 0 Å². The number of aromatic nitrogens is 1. The minimum atomic E-state index is -2.76. The number of carboxylic acid groups (broad SMARTS) is 1. The fourth-order valence-corrected chi connectivity index (χ4v) is 5.13. The molecular formula is C33H35FN2O5. The van der Waals surface area contributed by atoms with E-state index in [-0.39, 0.29) is 30.5 Å². The molecule has 4 aromatic rings. The van der Waals surface area contributed by atoms with Crippen LogP contribution < -0.4 is 5.32 Å². The van der Waals surface area contributed by atoms with Gasteiger partial charge in [-0.2, -0.15) is 0 Å². The lowest BCUT2D eigenvalue weighted by Crippen LogP contribution is -2.37. The maximum Gasteiger partial charge on any atom is 0.364 e. The maximum atomic E-state index is 14.0. The number of halogens is 1. The fourth-order valence-electron chi connectivity index (χ4n) is 5.13. The van der Waals surface area contributed by atoms with Crippen LogP contribution >= 0.6 is 0 Å². The standard InChI is InChI=1S/C33H35FN2O5/c1-22(2)29-28(31(37)35-26-14-8-4-9-15-26)27(23-12-6-3-7-13-23)30(24-16-18-25(34)19-17-24)36(29)21-11-5-10-20-33(40,41)32(38)39/h3-4,6-9,12-19,22,40-41H,5,10-11,20-21H2,1-2H3,(H,35,37)(H,38,39). The van der Waals surface area contributed by atoms with Gasteiger partial charge in [-0.05, 0) is 66.3 Å². The summed E-state index contributed by atoms with van der Waals surface area (Å²) in [5, 5.41) is 31.4. The second-order valence-electron chi connectivity index (χ2n) is 10.4. The van der Waals surface area contributed by atoms with E-state index in [0.29, 0.717) is 30.6 Å². The van der Waals surface area contributed by atoms with Gasteiger partial charge in [0, 0.05) is 29.9 Å². The van der Waals surface area contributed by atoms with E-state index >= 15 is 0 Å². The molecule has 0 fully saturated rings. The largest absolute Gasteiger partial charge is 0.477 e. The number of nitrogens with one attached hydrogen (secondary N) is 1. The second kappa shape index (κ2) is 12.9. The molecule has 0 atom stereocenters. The van der Waals surface area contributed by atoms with Crippen LogP contribution in [0.5, 0.6) is 0 Å². The highest BCUT2D eigenvalue weighted by molar-refractivity contribution is 6.12.